The fourth-order valence-corrected chi connectivity index (χ4v) is 0.912. The van der Waals surface area contributed by atoms with Gasteiger partial charge in [0.15, 0.2) is 0 Å². The molecule has 0 rings (SSSR count). The maximum absolute atomic E-state index is 9.91. The molecule has 0 radical (unpaired) electrons. The van der Waals surface area contributed by atoms with Gasteiger partial charge in [0.1, 0.15) is 6.29 Å². The lowest BCUT2D eigenvalue weighted by Gasteiger charge is -1.90. The van der Waals surface area contributed by atoms with Crippen LogP contribution in [0.15, 0.2) is 12.2 Å². The molecule has 3 nitrogen and oxygen atoms in total. The predicted molar refractivity (Wildman–Crippen MR) is 61.9 cm³/mol. The molecule has 0 saturated heterocycles. The summed E-state index contributed by atoms with van der Waals surface area (Å²) in [7, 11) is 0. The Morgan fingerprint density at radius 3 is 2.13 bits per heavy atom. The van der Waals surface area contributed by atoms with Crippen molar-refractivity contribution in [3.05, 3.63) is 12.2 Å². The van der Waals surface area contributed by atoms with E-state index in [1.54, 1.807) is 0 Å². The second-order valence-electron chi connectivity index (χ2n) is 3.23. The number of carbonyl (C=O) groups excluding carboxylic acids is 1. The Morgan fingerprint density at radius 1 is 1.13 bits per heavy atom. The minimum atomic E-state index is -0.833. The van der Waals surface area contributed by atoms with Gasteiger partial charge in [-0.05, 0) is 19.3 Å². The molecule has 88 valence electrons. The second kappa shape index (κ2) is 15.4. The molecule has 15 heavy (non-hydrogen) atoms. The third kappa shape index (κ3) is 32.2. The molecule has 0 heterocycles. The average molecular weight is 214 g/mol. The highest BCUT2D eigenvalue weighted by molar-refractivity contribution is 5.62. The van der Waals surface area contributed by atoms with Crippen molar-refractivity contribution in [3.8, 4) is 0 Å². The summed E-state index contributed by atoms with van der Waals surface area (Å²) in [6.45, 7) is 3.29. The molecule has 0 aliphatic carbocycles. The first-order valence-corrected chi connectivity index (χ1v) is 5.43. The van der Waals surface area contributed by atoms with Gasteiger partial charge in [-0.1, -0.05) is 31.9 Å². The van der Waals surface area contributed by atoms with Crippen LogP contribution < -0.4 is 0 Å². The minimum Gasteiger partial charge on any atom is -0.481 e. The fraction of sp³-hybridized carbons (Fsp3) is 0.667. The third-order valence-corrected chi connectivity index (χ3v) is 1.59. The second-order valence-corrected chi connectivity index (χ2v) is 3.23. The average Bonchev–Trinajstić information content (AvgIpc) is 2.16. The van der Waals surface area contributed by atoms with Gasteiger partial charge < -0.3 is 9.90 Å². The van der Waals surface area contributed by atoms with E-state index in [0.29, 0.717) is 6.42 Å². The molecule has 1 N–H and O–H groups in total. The molecule has 0 saturated carbocycles. The minimum absolute atomic E-state index is 0.671. The first-order valence-electron chi connectivity index (χ1n) is 5.43. The van der Waals surface area contributed by atoms with Gasteiger partial charge in [-0.15, -0.1) is 0 Å². The van der Waals surface area contributed by atoms with Crippen LogP contribution in [0.25, 0.3) is 0 Å². The number of allylic oxidation sites excluding steroid dienone is 2. The van der Waals surface area contributed by atoms with Crippen LogP contribution in [0.2, 0.25) is 0 Å². The molecule has 0 amide bonds. The van der Waals surface area contributed by atoms with Crippen molar-refractivity contribution in [2.75, 3.05) is 0 Å². The molecular formula is C12H22O3. The Bertz CT molecular complexity index is 170. The highest BCUT2D eigenvalue weighted by Crippen LogP contribution is 2.00. The number of carboxylic acids is 1. The van der Waals surface area contributed by atoms with Crippen LogP contribution in [0.5, 0.6) is 0 Å². The Hall–Kier alpha value is -1.12. The van der Waals surface area contributed by atoms with Crippen LogP contribution in [0.3, 0.4) is 0 Å². The summed E-state index contributed by atoms with van der Waals surface area (Å²) in [6, 6.07) is 0. The molecule has 0 aliphatic rings. The third-order valence-electron chi connectivity index (χ3n) is 1.59. The topological polar surface area (TPSA) is 54.4 Å². The van der Waals surface area contributed by atoms with Gasteiger partial charge in [0.25, 0.3) is 5.97 Å². The van der Waals surface area contributed by atoms with Gasteiger partial charge in [0.2, 0.25) is 0 Å². The lowest BCUT2D eigenvalue weighted by molar-refractivity contribution is -0.134. The largest absolute Gasteiger partial charge is 0.481 e. The zero-order valence-corrected chi connectivity index (χ0v) is 9.74. The van der Waals surface area contributed by atoms with Gasteiger partial charge in [-0.2, -0.15) is 0 Å². The van der Waals surface area contributed by atoms with Crippen molar-refractivity contribution >= 4 is 12.3 Å². The number of rotatable bonds is 7. The van der Waals surface area contributed by atoms with Gasteiger partial charge in [0.05, 0.1) is 0 Å². The normalized spacial score (nSPS) is 9.47. The smallest absolute Gasteiger partial charge is 0.300 e. The number of aldehydes is 1. The van der Waals surface area contributed by atoms with Gasteiger partial charge in [0, 0.05) is 13.3 Å². The summed E-state index contributed by atoms with van der Waals surface area (Å²) in [5.74, 6) is -0.833. The lowest BCUT2D eigenvalue weighted by atomic mass is 10.2. The van der Waals surface area contributed by atoms with E-state index < -0.39 is 5.97 Å². The van der Waals surface area contributed by atoms with Crippen LogP contribution in [0.4, 0.5) is 0 Å². The summed E-state index contributed by atoms with van der Waals surface area (Å²) in [6.07, 6.45) is 11.9. The number of unbranched alkanes of at least 4 members (excludes halogenated alkanes) is 4. The van der Waals surface area contributed by atoms with Crippen LogP contribution in [-0.2, 0) is 9.59 Å². The Labute approximate surface area is 92.2 Å². The summed E-state index contributed by atoms with van der Waals surface area (Å²) in [4.78, 5) is 18.9. The number of hydrogen-bond acceptors (Lipinski definition) is 2. The Morgan fingerprint density at radius 2 is 1.67 bits per heavy atom. The van der Waals surface area contributed by atoms with E-state index in [1.807, 2.05) is 0 Å². The predicted octanol–water partition coefficient (Wildman–Crippen LogP) is 3.19. The summed E-state index contributed by atoms with van der Waals surface area (Å²) in [5.41, 5.74) is 0. The molecule has 0 aromatic rings. The van der Waals surface area contributed by atoms with E-state index in [0.717, 1.165) is 19.6 Å². The molecule has 0 atom stereocenters. The number of hydrogen-bond donors (Lipinski definition) is 1. The van der Waals surface area contributed by atoms with E-state index in [1.165, 1.54) is 25.7 Å². The molecule has 0 aromatic heterocycles. The van der Waals surface area contributed by atoms with Crippen molar-refractivity contribution in [1.82, 2.24) is 0 Å². The monoisotopic (exact) mass is 214 g/mol. The Kier molecular flexibility index (Phi) is 16.7. The van der Waals surface area contributed by atoms with Crippen LogP contribution in [-0.4, -0.2) is 17.4 Å². The van der Waals surface area contributed by atoms with E-state index in [2.05, 4.69) is 19.1 Å². The first-order chi connectivity index (χ1) is 7.15. The van der Waals surface area contributed by atoms with Crippen molar-refractivity contribution < 1.29 is 14.7 Å². The summed E-state index contributed by atoms with van der Waals surface area (Å²) in [5, 5.41) is 7.42. The zero-order valence-electron chi connectivity index (χ0n) is 9.74. The van der Waals surface area contributed by atoms with E-state index in [4.69, 9.17) is 9.90 Å². The molecule has 3 heteroatoms. The number of carboxylic acid groups (broad SMARTS) is 1. The van der Waals surface area contributed by atoms with Crippen molar-refractivity contribution in [3.63, 3.8) is 0 Å². The zero-order chi connectivity index (χ0) is 11.9. The fourth-order valence-electron chi connectivity index (χ4n) is 0.912. The van der Waals surface area contributed by atoms with Crippen LogP contribution in [0, 0.1) is 0 Å². The molecule has 0 spiro atoms. The lowest BCUT2D eigenvalue weighted by Crippen LogP contribution is -1.78. The molecular weight excluding hydrogens is 192 g/mol. The first kappa shape index (κ1) is 16.3. The molecule has 0 aromatic carbocycles. The maximum Gasteiger partial charge on any atom is 0.300 e. The molecule has 0 bridgehead atoms. The van der Waals surface area contributed by atoms with E-state index >= 15 is 0 Å². The van der Waals surface area contributed by atoms with E-state index in [-0.39, 0.29) is 0 Å². The SMILES string of the molecule is CC(=O)O.CCCCC/C=C\CCC=O. The van der Waals surface area contributed by atoms with Gasteiger partial charge >= 0.3 is 0 Å². The van der Waals surface area contributed by atoms with Gasteiger partial charge in [-0.3, -0.25) is 4.79 Å². The van der Waals surface area contributed by atoms with Crippen molar-refractivity contribution in [1.29, 1.82) is 0 Å². The quantitative estimate of drug-likeness (QED) is 0.402. The summed E-state index contributed by atoms with van der Waals surface area (Å²) >= 11 is 0. The highest BCUT2D eigenvalue weighted by Gasteiger charge is 1.81. The summed E-state index contributed by atoms with van der Waals surface area (Å²) < 4.78 is 0. The maximum atomic E-state index is 9.91. The van der Waals surface area contributed by atoms with Crippen molar-refractivity contribution in [2.24, 2.45) is 0 Å². The standard InChI is InChI=1S/C10H18O.C2H4O2/c1-2-3-4-5-6-7-8-9-10-11;1-2(3)4/h6-7,10H,2-5,8-9H2,1H3;1H3,(H,3,4)/b7-6-;. The molecule has 0 fully saturated rings. The number of aliphatic carboxylic acids is 1. The van der Waals surface area contributed by atoms with E-state index in [9.17, 15) is 4.79 Å². The van der Waals surface area contributed by atoms with Crippen molar-refractivity contribution in [2.45, 2.75) is 52.4 Å². The van der Waals surface area contributed by atoms with Crippen LogP contribution in [0.1, 0.15) is 52.4 Å². The van der Waals surface area contributed by atoms with Gasteiger partial charge in [-0.25, -0.2) is 0 Å². The molecule has 0 unspecified atom stereocenters. The van der Waals surface area contributed by atoms with Crippen LogP contribution >= 0.6 is 0 Å². The molecule has 0 aliphatic heterocycles. The highest BCUT2D eigenvalue weighted by atomic mass is 16.4. The Balaban J connectivity index is 0. The number of carbonyl (C=O) groups is 2.